The summed E-state index contributed by atoms with van der Waals surface area (Å²) >= 11 is 3.19. The van der Waals surface area contributed by atoms with Crippen molar-refractivity contribution in [1.29, 1.82) is 0 Å². The predicted octanol–water partition coefficient (Wildman–Crippen LogP) is 2.43. The third kappa shape index (κ3) is 4.52. The molecule has 0 saturated carbocycles. The summed E-state index contributed by atoms with van der Waals surface area (Å²) in [5.74, 6) is 2.00. The number of benzene rings is 1. The number of para-hydroxylation sites is 2. The van der Waals surface area contributed by atoms with Gasteiger partial charge in [0.1, 0.15) is 5.75 Å². The predicted molar refractivity (Wildman–Crippen MR) is 101 cm³/mol. The standard InChI is InChI=1S/C16H23N5OS2/c1-2-22-14-6-4-3-5-13(14)21-9-7-20(8-10-21)11-12-23-16-19-18-15(17)24-16/h3-6H,2,7-12H2,1H3,(H2,17,18). The molecule has 1 aromatic heterocycles. The van der Waals surface area contributed by atoms with Crippen LogP contribution in [-0.2, 0) is 0 Å². The quantitative estimate of drug-likeness (QED) is 0.756. The minimum atomic E-state index is 0.541. The third-order valence-corrected chi connectivity index (χ3v) is 5.80. The fourth-order valence-corrected chi connectivity index (χ4v) is 4.46. The minimum absolute atomic E-state index is 0.541. The smallest absolute Gasteiger partial charge is 0.203 e. The number of aromatic nitrogens is 2. The normalized spacial score (nSPS) is 15.6. The van der Waals surface area contributed by atoms with Crippen LogP contribution in [0.4, 0.5) is 10.8 Å². The third-order valence-electron chi connectivity index (χ3n) is 3.93. The lowest BCUT2D eigenvalue weighted by atomic mass is 10.2. The van der Waals surface area contributed by atoms with Crippen LogP contribution in [0.5, 0.6) is 5.75 Å². The first-order valence-corrected chi connectivity index (χ1v) is 9.97. The van der Waals surface area contributed by atoms with Gasteiger partial charge in [0.2, 0.25) is 5.13 Å². The van der Waals surface area contributed by atoms with Gasteiger partial charge < -0.3 is 15.4 Å². The van der Waals surface area contributed by atoms with Crippen molar-refractivity contribution in [1.82, 2.24) is 15.1 Å². The van der Waals surface area contributed by atoms with E-state index in [0.29, 0.717) is 11.7 Å². The van der Waals surface area contributed by atoms with Crippen LogP contribution in [-0.4, -0.2) is 60.2 Å². The van der Waals surface area contributed by atoms with Gasteiger partial charge in [0.25, 0.3) is 0 Å². The number of thioether (sulfide) groups is 1. The van der Waals surface area contributed by atoms with Crippen LogP contribution in [0.1, 0.15) is 6.92 Å². The highest BCUT2D eigenvalue weighted by atomic mass is 32.2. The van der Waals surface area contributed by atoms with E-state index in [1.54, 1.807) is 11.8 Å². The first-order chi connectivity index (χ1) is 11.8. The van der Waals surface area contributed by atoms with Gasteiger partial charge in [-0.05, 0) is 19.1 Å². The number of hydrogen-bond donors (Lipinski definition) is 1. The Balaban J connectivity index is 1.45. The first kappa shape index (κ1) is 17.3. The van der Waals surface area contributed by atoms with Gasteiger partial charge in [0.05, 0.1) is 12.3 Å². The van der Waals surface area contributed by atoms with E-state index >= 15 is 0 Å². The van der Waals surface area contributed by atoms with E-state index in [1.165, 1.54) is 17.0 Å². The van der Waals surface area contributed by atoms with Gasteiger partial charge in [0, 0.05) is 38.5 Å². The lowest BCUT2D eigenvalue weighted by Crippen LogP contribution is -2.47. The van der Waals surface area contributed by atoms with Crippen LogP contribution in [0.3, 0.4) is 0 Å². The van der Waals surface area contributed by atoms with Crippen LogP contribution >= 0.6 is 23.1 Å². The molecule has 0 unspecified atom stereocenters. The van der Waals surface area contributed by atoms with Crippen molar-refractivity contribution in [3.8, 4) is 5.75 Å². The van der Waals surface area contributed by atoms with Crippen molar-refractivity contribution in [2.75, 3.05) is 55.7 Å². The van der Waals surface area contributed by atoms with Crippen LogP contribution < -0.4 is 15.4 Å². The maximum absolute atomic E-state index is 5.75. The summed E-state index contributed by atoms with van der Waals surface area (Å²) in [6, 6.07) is 8.31. The largest absolute Gasteiger partial charge is 0.492 e. The number of anilines is 2. The minimum Gasteiger partial charge on any atom is -0.492 e. The lowest BCUT2D eigenvalue weighted by Gasteiger charge is -2.36. The zero-order valence-corrected chi connectivity index (χ0v) is 15.5. The second-order valence-corrected chi connectivity index (χ2v) is 7.84. The Bertz CT molecular complexity index is 643. The Hall–Kier alpha value is -1.51. The highest BCUT2D eigenvalue weighted by Crippen LogP contribution is 2.29. The molecule has 6 nitrogen and oxygen atoms in total. The van der Waals surface area contributed by atoms with E-state index in [-0.39, 0.29) is 0 Å². The summed E-state index contributed by atoms with van der Waals surface area (Å²) in [5, 5.41) is 8.43. The molecule has 3 rings (SSSR count). The summed E-state index contributed by atoms with van der Waals surface area (Å²) in [6.45, 7) is 7.98. The topological polar surface area (TPSA) is 67.5 Å². The summed E-state index contributed by atoms with van der Waals surface area (Å²) in [6.07, 6.45) is 0. The molecule has 1 aromatic carbocycles. The van der Waals surface area contributed by atoms with E-state index in [1.807, 2.05) is 13.0 Å². The zero-order valence-electron chi connectivity index (χ0n) is 13.9. The molecule has 1 aliphatic heterocycles. The maximum atomic E-state index is 5.75. The van der Waals surface area contributed by atoms with Gasteiger partial charge in [-0.2, -0.15) is 0 Å². The molecule has 0 radical (unpaired) electrons. The molecular formula is C16H23N5OS2. The number of ether oxygens (including phenoxy) is 1. The van der Waals surface area contributed by atoms with E-state index in [2.05, 4.69) is 38.2 Å². The molecule has 130 valence electrons. The molecule has 0 aliphatic carbocycles. The van der Waals surface area contributed by atoms with Crippen LogP contribution in [0.2, 0.25) is 0 Å². The van der Waals surface area contributed by atoms with Gasteiger partial charge in [-0.1, -0.05) is 35.2 Å². The Morgan fingerprint density at radius 3 is 2.71 bits per heavy atom. The molecule has 2 heterocycles. The van der Waals surface area contributed by atoms with E-state index in [4.69, 9.17) is 10.5 Å². The molecule has 0 spiro atoms. The molecule has 1 fully saturated rings. The van der Waals surface area contributed by atoms with Gasteiger partial charge in [-0.25, -0.2) is 0 Å². The highest BCUT2D eigenvalue weighted by molar-refractivity contribution is 8.01. The second kappa shape index (κ2) is 8.55. The van der Waals surface area contributed by atoms with Gasteiger partial charge in [0.15, 0.2) is 4.34 Å². The molecule has 2 N–H and O–H groups in total. The van der Waals surface area contributed by atoms with E-state index < -0.39 is 0 Å². The molecule has 8 heteroatoms. The number of nitrogens with two attached hydrogens (primary N) is 1. The summed E-state index contributed by atoms with van der Waals surface area (Å²) in [7, 11) is 0. The zero-order chi connectivity index (χ0) is 16.8. The first-order valence-electron chi connectivity index (χ1n) is 8.17. The van der Waals surface area contributed by atoms with Gasteiger partial charge in [-0.3, -0.25) is 4.90 Å². The average Bonchev–Trinajstić information content (AvgIpc) is 3.02. The van der Waals surface area contributed by atoms with Gasteiger partial charge >= 0.3 is 0 Å². The molecule has 0 atom stereocenters. The highest BCUT2D eigenvalue weighted by Gasteiger charge is 2.19. The van der Waals surface area contributed by atoms with Crippen LogP contribution in [0.15, 0.2) is 28.6 Å². The molecule has 1 aliphatic rings. The summed E-state index contributed by atoms with van der Waals surface area (Å²) in [5.41, 5.74) is 6.81. The summed E-state index contributed by atoms with van der Waals surface area (Å²) < 4.78 is 6.71. The SMILES string of the molecule is CCOc1ccccc1N1CCN(CCSc2nnc(N)s2)CC1. The van der Waals surface area contributed by atoms with Crippen molar-refractivity contribution in [3.05, 3.63) is 24.3 Å². The fourth-order valence-electron chi connectivity index (χ4n) is 2.75. The molecular weight excluding hydrogens is 342 g/mol. The van der Waals surface area contributed by atoms with E-state index in [0.717, 1.165) is 48.6 Å². The van der Waals surface area contributed by atoms with E-state index in [9.17, 15) is 0 Å². The number of hydrogen-bond acceptors (Lipinski definition) is 8. The number of piperazine rings is 1. The van der Waals surface area contributed by atoms with Crippen molar-refractivity contribution >= 4 is 33.9 Å². The Kier molecular flexibility index (Phi) is 6.17. The fraction of sp³-hybridized carbons (Fsp3) is 0.500. The van der Waals surface area contributed by atoms with Crippen molar-refractivity contribution in [3.63, 3.8) is 0 Å². The molecule has 1 saturated heterocycles. The molecule has 0 bridgehead atoms. The van der Waals surface area contributed by atoms with Crippen LogP contribution in [0.25, 0.3) is 0 Å². The summed E-state index contributed by atoms with van der Waals surface area (Å²) in [4.78, 5) is 4.91. The number of rotatable bonds is 7. The molecule has 24 heavy (non-hydrogen) atoms. The molecule has 0 amide bonds. The number of nitrogens with zero attached hydrogens (tertiary/aromatic N) is 4. The van der Waals surface area contributed by atoms with Crippen molar-refractivity contribution in [2.45, 2.75) is 11.3 Å². The monoisotopic (exact) mass is 365 g/mol. The van der Waals surface area contributed by atoms with Crippen molar-refractivity contribution < 1.29 is 4.74 Å². The van der Waals surface area contributed by atoms with Gasteiger partial charge in [-0.15, -0.1) is 10.2 Å². The Morgan fingerprint density at radius 2 is 2.00 bits per heavy atom. The van der Waals surface area contributed by atoms with Crippen LogP contribution in [0, 0.1) is 0 Å². The number of nitrogen functional groups attached to an aromatic ring is 1. The lowest BCUT2D eigenvalue weighted by molar-refractivity contribution is 0.271. The second-order valence-electron chi connectivity index (χ2n) is 5.48. The molecule has 2 aromatic rings. The Labute approximate surface area is 151 Å². The average molecular weight is 366 g/mol. The van der Waals surface area contributed by atoms with Crippen molar-refractivity contribution in [2.24, 2.45) is 0 Å². The maximum Gasteiger partial charge on any atom is 0.203 e. The Morgan fingerprint density at radius 1 is 1.21 bits per heavy atom.